The first-order valence-corrected chi connectivity index (χ1v) is 7.94. The van der Waals surface area contributed by atoms with Gasteiger partial charge in [-0.25, -0.2) is 0 Å². The maximum atomic E-state index is 12.5. The van der Waals surface area contributed by atoms with Crippen molar-refractivity contribution < 1.29 is 4.79 Å². The summed E-state index contributed by atoms with van der Waals surface area (Å²) in [5, 5.41) is 11.4. The van der Waals surface area contributed by atoms with Crippen molar-refractivity contribution in [2.75, 3.05) is 0 Å². The molecule has 3 rings (SSSR count). The number of hydrogen-bond donors (Lipinski definition) is 1. The van der Waals surface area contributed by atoms with Crippen LogP contribution in [0.1, 0.15) is 22.7 Å². The van der Waals surface area contributed by atoms with E-state index in [1.165, 1.54) is 0 Å². The van der Waals surface area contributed by atoms with Crippen LogP contribution in [0.25, 0.3) is 0 Å². The van der Waals surface area contributed by atoms with Gasteiger partial charge in [-0.05, 0) is 18.1 Å². The van der Waals surface area contributed by atoms with E-state index in [9.17, 15) is 4.79 Å². The molecule has 1 atom stereocenters. The van der Waals surface area contributed by atoms with Gasteiger partial charge in [-0.2, -0.15) is 15.0 Å². The lowest BCUT2D eigenvalue weighted by Crippen LogP contribution is -2.33. The molecule has 24 heavy (non-hydrogen) atoms. The van der Waals surface area contributed by atoms with E-state index in [4.69, 9.17) is 0 Å². The van der Waals surface area contributed by atoms with E-state index in [-0.39, 0.29) is 11.9 Å². The smallest absolute Gasteiger partial charge is 0.224 e. The van der Waals surface area contributed by atoms with Crippen LogP contribution in [0.3, 0.4) is 0 Å². The second kappa shape index (κ2) is 7.55. The Kier molecular flexibility index (Phi) is 5.01. The zero-order valence-electron chi connectivity index (χ0n) is 13.6. The van der Waals surface area contributed by atoms with Crippen LogP contribution in [0, 0.1) is 6.92 Å². The van der Waals surface area contributed by atoms with Crippen molar-refractivity contribution in [1.82, 2.24) is 20.3 Å². The number of hydrogen-bond acceptors (Lipinski definition) is 3. The summed E-state index contributed by atoms with van der Waals surface area (Å²) in [6, 6.07) is 17.7. The minimum Gasteiger partial charge on any atom is -0.347 e. The average molecular weight is 320 g/mol. The number of rotatable bonds is 6. The molecule has 0 bridgehead atoms. The maximum absolute atomic E-state index is 12.5. The largest absolute Gasteiger partial charge is 0.347 e. The molecule has 5 heteroatoms. The van der Waals surface area contributed by atoms with Crippen LogP contribution < -0.4 is 5.32 Å². The van der Waals surface area contributed by atoms with Gasteiger partial charge in [-0.15, -0.1) is 0 Å². The standard InChI is InChI=1S/C19H20N4O/c1-15-6-5-7-16(12-15)13-19(24)22-18(14-23-20-10-11-21-23)17-8-3-2-4-9-17/h2-12,18H,13-14H2,1H3,(H,22,24)/t18-/m1/s1. The molecule has 0 radical (unpaired) electrons. The number of aromatic nitrogens is 3. The summed E-state index contributed by atoms with van der Waals surface area (Å²) in [6.45, 7) is 2.52. The summed E-state index contributed by atoms with van der Waals surface area (Å²) in [5.74, 6) is -0.0124. The molecule has 1 amide bonds. The van der Waals surface area contributed by atoms with Crippen molar-refractivity contribution >= 4 is 5.91 Å². The lowest BCUT2D eigenvalue weighted by atomic mass is 10.1. The van der Waals surface area contributed by atoms with Crippen molar-refractivity contribution in [1.29, 1.82) is 0 Å². The summed E-state index contributed by atoms with van der Waals surface area (Å²) < 4.78 is 0. The Morgan fingerprint density at radius 1 is 1.08 bits per heavy atom. The lowest BCUT2D eigenvalue weighted by Gasteiger charge is -2.19. The van der Waals surface area contributed by atoms with Gasteiger partial charge >= 0.3 is 0 Å². The zero-order valence-corrected chi connectivity index (χ0v) is 13.6. The van der Waals surface area contributed by atoms with E-state index < -0.39 is 0 Å². The van der Waals surface area contributed by atoms with E-state index >= 15 is 0 Å². The molecule has 1 N–H and O–H groups in total. The van der Waals surface area contributed by atoms with Crippen LogP contribution in [0.2, 0.25) is 0 Å². The topological polar surface area (TPSA) is 59.8 Å². The monoisotopic (exact) mass is 320 g/mol. The molecular weight excluding hydrogens is 300 g/mol. The van der Waals surface area contributed by atoms with Crippen LogP contribution in [0.5, 0.6) is 0 Å². The van der Waals surface area contributed by atoms with Crippen LogP contribution >= 0.6 is 0 Å². The first-order valence-electron chi connectivity index (χ1n) is 7.94. The molecule has 1 heterocycles. The molecule has 0 aliphatic carbocycles. The Bertz CT molecular complexity index is 784. The highest BCUT2D eigenvalue weighted by atomic mass is 16.1. The van der Waals surface area contributed by atoms with E-state index in [2.05, 4.69) is 15.5 Å². The Morgan fingerprint density at radius 3 is 2.54 bits per heavy atom. The van der Waals surface area contributed by atoms with Crippen LogP contribution in [0.4, 0.5) is 0 Å². The van der Waals surface area contributed by atoms with Crippen LogP contribution in [0.15, 0.2) is 67.0 Å². The number of aryl methyl sites for hydroxylation is 1. The molecule has 3 aromatic rings. The lowest BCUT2D eigenvalue weighted by molar-refractivity contribution is -0.121. The average Bonchev–Trinajstić information content (AvgIpc) is 3.08. The minimum atomic E-state index is -0.170. The van der Waals surface area contributed by atoms with Gasteiger partial charge in [0.15, 0.2) is 0 Å². The van der Waals surface area contributed by atoms with Crippen LogP contribution in [-0.2, 0) is 17.8 Å². The van der Waals surface area contributed by atoms with Crippen molar-refractivity contribution in [3.63, 3.8) is 0 Å². The third-order valence-corrected chi connectivity index (χ3v) is 3.80. The fourth-order valence-electron chi connectivity index (χ4n) is 2.67. The Balaban J connectivity index is 1.72. The molecular formula is C19H20N4O. The molecule has 0 fully saturated rings. The van der Waals surface area contributed by atoms with Crippen molar-refractivity contribution in [2.45, 2.75) is 25.9 Å². The summed E-state index contributed by atoms with van der Waals surface area (Å²) in [4.78, 5) is 14.1. The number of nitrogens with one attached hydrogen (secondary N) is 1. The minimum absolute atomic E-state index is 0.0124. The number of carbonyl (C=O) groups is 1. The normalized spacial score (nSPS) is 11.9. The zero-order chi connectivity index (χ0) is 16.8. The molecule has 1 aromatic heterocycles. The molecule has 0 saturated carbocycles. The highest BCUT2D eigenvalue weighted by Gasteiger charge is 2.16. The van der Waals surface area contributed by atoms with Gasteiger partial charge < -0.3 is 5.32 Å². The van der Waals surface area contributed by atoms with E-state index in [0.29, 0.717) is 13.0 Å². The second-order valence-electron chi connectivity index (χ2n) is 5.78. The van der Waals surface area contributed by atoms with Gasteiger partial charge in [-0.3, -0.25) is 4.79 Å². The molecule has 0 aliphatic heterocycles. The highest BCUT2D eigenvalue weighted by Crippen LogP contribution is 2.15. The number of carbonyl (C=O) groups excluding carboxylic acids is 1. The van der Waals surface area contributed by atoms with Crippen molar-refractivity contribution in [2.24, 2.45) is 0 Å². The summed E-state index contributed by atoms with van der Waals surface area (Å²) in [5.41, 5.74) is 3.20. The second-order valence-corrected chi connectivity index (χ2v) is 5.78. The maximum Gasteiger partial charge on any atom is 0.224 e. The number of nitrogens with zero attached hydrogens (tertiary/aromatic N) is 3. The molecule has 0 aliphatic rings. The first-order chi connectivity index (χ1) is 11.7. The molecule has 2 aromatic carbocycles. The number of amides is 1. The van der Waals surface area contributed by atoms with Gasteiger partial charge in [-0.1, -0.05) is 60.2 Å². The summed E-state index contributed by atoms with van der Waals surface area (Å²) >= 11 is 0. The van der Waals surface area contributed by atoms with Gasteiger partial charge in [0.1, 0.15) is 0 Å². The molecule has 0 saturated heterocycles. The fourth-order valence-corrected chi connectivity index (χ4v) is 2.67. The SMILES string of the molecule is Cc1cccc(CC(=O)N[C@H](Cn2nccn2)c2ccccc2)c1. The van der Waals surface area contributed by atoms with Gasteiger partial charge in [0, 0.05) is 0 Å². The Labute approximate surface area is 141 Å². The molecule has 5 nitrogen and oxygen atoms in total. The highest BCUT2D eigenvalue weighted by molar-refractivity contribution is 5.79. The Morgan fingerprint density at radius 2 is 1.83 bits per heavy atom. The summed E-state index contributed by atoms with van der Waals surface area (Å²) in [6.07, 6.45) is 3.63. The fraction of sp³-hybridized carbons (Fsp3) is 0.211. The van der Waals surface area contributed by atoms with Gasteiger partial charge in [0.05, 0.1) is 31.4 Å². The van der Waals surface area contributed by atoms with E-state index in [1.54, 1.807) is 17.2 Å². The molecule has 122 valence electrons. The third-order valence-electron chi connectivity index (χ3n) is 3.80. The van der Waals surface area contributed by atoms with E-state index in [0.717, 1.165) is 16.7 Å². The third kappa shape index (κ3) is 4.29. The van der Waals surface area contributed by atoms with Crippen molar-refractivity contribution in [3.05, 3.63) is 83.7 Å². The quantitative estimate of drug-likeness (QED) is 0.759. The predicted molar refractivity (Wildman–Crippen MR) is 92.2 cm³/mol. The van der Waals surface area contributed by atoms with Gasteiger partial charge in [0.2, 0.25) is 5.91 Å². The van der Waals surface area contributed by atoms with Gasteiger partial charge in [0.25, 0.3) is 0 Å². The van der Waals surface area contributed by atoms with Crippen molar-refractivity contribution in [3.8, 4) is 0 Å². The summed E-state index contributed by atoms with van der Waals surface area (Å²) in [7, 11) is 0. The predicted octanol–water partition coefficient (Wildman–Crippen LogP) is 2.69. The molecule has 0 spiro atoms. The first kappa shape index (κ1) is 15.9. The Hall–Kier alpha value is -2.95. The molecule has 0 unspecified atom stereocenters. The van der Waals surface area contributed by atoms with Crippen LogP contribution in [-0.4, -0.2) is 20.9 Å². The van der Waals surface area contributed by atoms with E-state index in [1.807, 2.05) is 61.5 Å². The number of benzene rings is 2.